The van der Waals surface area contributed by atoms with Crippen molar-refractivity contribution < 1.29 is 68.5 Å². The van der Waals surface area contributed by atoms with E-state index in [4.69, 9.17) is 39.4 Å². The van der Waals surface area contributed by atoms with Crippen molar-refractivity contribution in [3.63, 3.8) is 0 Å². The number of hydrogen-bond acceptors (Lipinski definition) is 15. The van der Waals surface area contributed by atoms with Gasteiger partial charge in [-0.15, -0.1) is 0 Å². The Balaban J connectivity index is 0.000000626. The summed E-state index contributed by atoms with van der Waals surface area (Å²) in [6.07, 6.45) is 3.65. The number of carboxylic acid groups (broad SMARTS) is 2. The highest BCUT2D eigenvalue weighted by molar-refractivity contribution is 5.96. The summed E-state index contributed by atoms with van der Waals surface area (Å²) >= 11 is 0. The summed E-state index contributed by atoms with van der Waals surface area (Å²) in [5, 5.41) is 50.6. The molecule has 2 fully saturated rings. The highest BCUT2D eigenvalue weighted by Gasteiger charge is 2.78. The number of H-pyrrole nitrogens is 1. The molecule has 19 nitrogen and oxygen atoms in total. The number of carbonyl (C=O) groups excluding carboxylic acids is 3. The topological polar surface area (TPSA) is 261 Å². The summed E-state index contributed by atoms with van der Waals surface area (Å²) < 4.78 is 24.3. The van der Waals surface area contributed by atoms with Crippen LogP contribution in [-0.4, -0.2) is 167 Å². The number of aromatic nitrogens is 1. The molecule has 1 aliphatic carbocycles. The second-order valence-electron chi connectivity index (χ2n) is 20.8. The van der Waals surface area contributed by atoms with Gasteiger partial charge in [0.15, 0.2) is 12.2 Å². The molecule has 6 heterocycles. The minimum absolute atomic E-state index is 0.0274. The molecule has 5 aliphatic heterocycles. The highest BCUT2D eigenvalue weighted by atomic mass is 16.6. The van der Waals surface area contributed by atoms with Gasteiger partial charge in [-0.2, -0.15) is 0 Å². The molecule has 2 bridgehead atoms. The van der Waals surface area contributed by atoms with Crippen molar-refractivity contribution in [2.24, 2.45) is 11.3 Å². The number of esters is 2. The number of fused-ring (bicyclic) bond motifs is 6. The van der Waals surface area contributed by atoms with E-state index in [1.54, 1.807) is 38.5 Å². The molecule has 1 saturated heterocycles. The van der Waals surface area contributed by atoms with Crippen LogP contribution in [0.25, 0.3) is 10.9 Å². The van der Waals surface area contributed by atoms with E-state index in [0.29, 0.717) is 55.0 Å². The summed E-state index contributed by atoms with van der Waals surface area (Å²) in [5.41, 5.74) is 2.26. The lowest BCUT2D eigenvalue weighted by molar-refractivity contribution is -0.216. The standard InChI is InChI=1S/C52H61N5O8.C4H6O6/c1-8-32-22-33-26-51(48(60)64-7,43-37(29-56(27-32)28-33)36-16-10-11-17-40(36)54-43)39-24-38-41(25-42(39)63-6)55(4)46-50(38)19-21-57-20-13-18-49(9-2,45(50)57)47(65-31(3)58)52(46,61)30-53-44(59)34-14-12-15-35(23-34)62-5;5-1(3(7)8)2(6)4(9)10/h10-18,22-25,33,45-47,54,61H,8-9,19-21,26-30H2,1-7H3,(H,53,59);1-2,5-6H,(H,7,8)(H,9,10)/t33-,45-,46+,47+,49+,50+,51-,52-;/m0./s1. The number of benzene rings is 3. The van der Waals surface area contributed by atoms with Crippen LogP contribution in [-0.2, 0) is 46.0 Å². The first-order valence-electron chi connectivity index (χ1n) is 25.4. The van der Waals surface area contributed by atoms with Crippen molar-refractivity contribution in [1.82, 2.24) is 20.1 Å². The smallest absolute Gasteiger partial charge is 0.335 e. The Labute approximate surface area is 434 Å². The van der Waals surface area contributed by atoms with Gasteiger partial charge in [0.1, 0.15) is 28.6 Å². The van der Waals surface area contributed by atoms with Gasteiger partial charge in [0.25, 0.3) is 5.91 Å². The van der Waals surface area contributed by atoms with E-state index in [0.717, 1.165) is 59.5 Å². The Bertz CT molecular complexity index is 2970. The lowest BCUT2D eigenvalue weighted by atomic mass is 9.47. The van der Waals surface area contributed by atoms with E-state index in [9.17, 15) is 24.3 Å². The largest absolute Gasteiger partial charge is 0.497 e. The van der Waals surface area contributed by atoms with Crippen LogP contribution in [0.5, 0.6) is 11.5 Å². The van der Waals surface area contributed by atoms with Crippen molar-refractivity contribution in [1.29, 1.82) is 0 Å². The third kappa shape index (κ3) is 8.34. The van der Waals surface area contributed by atoms with Crippen LogP contribution in [0.2, 0.25) is 0 Å². The molecule has 6 aliphatic rings. The number of nitrogens with one attached hydrogen (secondary N) is 2. The number of aliphatic hydroxyl groups is 3. The summed E-state index contributed by atoms with van der Waals surface area (Å²) in [6, 6.07) is 18.5. The molecule has 10 rings (SSSR count). The van der Waals surface area contributed by atoms with Crippen LogP contribution in [0.1, 0.15) is 79.2 Å². The van der Waals surface area contributed by atoms with E-state index >= 15 is 4.79 Å². The fraction of sp³-hybridized carbons (Fsp3) is 0.482. The molecule has 1 saturated carbocycles. The predicted octanol–water partition coefficient (Wildman–Crippen LogP) is 3.90. The van der Waals surface area contributed by atoms with Gasteiger partial charge >= 0.3 is 23.9 Å². The zero-order valence-electron chi connectivity index (χ0n) is 43.3. The number of carbonyl (C=O) groups is 5. The van der Waals surface area contributed by atoms with Gasteiger partial charge in [-0.1, -0.05) is 61.9 Å². The van der Waals surface area contributed by atoms with Crippen molar-refractivity contribution in [2.75, 3.05) is 66.0 Å². The normalized spacial score (nSPS) is 29.8. The van der Waals surface area contributed by atoms with Crippen LogP contribution >= 0.6 is 0 Å². The van der Waals surface area contributed by atoms with Gasteiger partial charge in [0.05, 0.1) is 33.9 Å². The van der Waals surface area contributed by atoms with Gasteiger partial charge < -0.3 is 59.7 Å². The average Bonchev–Trinajstić information content (AvgIpc) is 4.13. The summed E-state index contributed by atoms with van der Waals surface area (Å²) in [6.45, 7) is 9.18. The number of likely N-dealkylation sites (N-methyl/N-ethyl adjacent to an activating group) is 1. The zero-order chi connectivity index (χ0) is 53.9. The minimum Gasteiger partial charge on any atom is -0.497 e. The molecular weight excluding hydrogens is 967 g/mol. The van der Waals surface area contributed by atoms with Crippen LogP contribution in [0.15, 0.2) is 84.5 Å². The fourth-order valence-corrected chi connectivity index (χ4v) is 14.2. The molecule has 3 unspecified atom stereocenters. The molecule has 1 amide bonds. The molecule has 7 N–H and O–H groups in total. The number of ether oxygens (including phenoxy) is 4. The molecule has 4 aromatic rings. The molecule has 11 atom stereocenters. The first kappa shape index (κ1) is 53.1. The minimum atomic E-state index is -2.27. The second kappa shape index (κ2) is 20.1. The number of hydrogen-bond donors (Lipinski definition) is 7. The lowest BCUT2D eigenvalue weighted by Crippen LogP contribution is -2.81. The van der Waals surface area contributed by atoms with Crippen molar-refractivity contribution in [3.05, 3.63) is 112 Å². The zero-order valence-corrected chi connectivity index (χ0v) is 43.3. The van der Waals surface area contributed by atoms with Gasteiger partial charge in [0.2, 0.25) is 0 Å². The molecule has 19 heteroatoms. The SMILES string of the molecule is CCC1=C[C@@H]2CN(C1)Cc1c([nH]c3ccccc13)[C@@](C(=O)OC)(c1cc3c(cc1OC)N(C)[C@H]1[C@@](O)(CNC(=O)c4cccc(OC)c4)[C@H](OC(C)=O)[C@]4(CC)C=CCN5CC[C@]31[C@@H]54)C2.O=C(O)C(O)C(O)C(=O)O. The number of amides is 1. The van der Waals surface area contributed by atoms with E-state index < -0.39 is 70.0 Å². The number of methoxy groups -OCH3 is 3. The number of aromatic amines is 1. The third-order valence-electron chi connectivity index (χ3n) is 17.0. The van der Waals surface area contributed by atoms with Crippen molar-refractivity contribution in [2.45, 2.75) is 99.8 Å². The quantitative estimate of drug-likeness (QED) is 0.0740. The first-order valence-corrected chi connectivity index (χ1v) is 25.4. The van der Waals surface area contributed by atoms with E-state index in [2.05, 4.69) is 75.3 Å². The molecule has 0 radical (unpaired) electrons. The van der Waals surface area contributed by atoms with Crippen molar-refractivity contribution in [3.8, 4) is 11.5 Å². The van der Waals surface area contributed by atoms with E-state index in [1.165, 1.54) is 19.6 Å². The Morgan fingerprint density at radius 3 is 2.29 bits per heavy atom. The molecule has 3 aromatic carbocycles. The lowest BCUT2D eigenvalue weighted by Gasteiger charge is -2.64. The molecule has 400 valence electrons. The van der Waals surface area contributed by atoms with Crippen molar-refractivity contribution >= 4 is 46.4 Å². The van der Waals surface area contributed by atoms with Gasteiger partial charge in [-0.25, -0.2) is 9.59 Å². The first-order chi connectivity index (χ1) is 35.8. The van der Waals surface area contributed by atoms with Crippen LogP contribution in [0, 0.1) is 11.3 Å². The Morgan fingerprint density at radius 2 is 1.64 bits per heavy atom. The summed E-state index contributed by atoms with van der Waals surface area (Å²) in [5.74, 6) is -3.73. The summed E-state index contributed by atoms with van der Waals surface area (Å²) in [4.78, 5) is 73.2. The van der Waals surface area contributed by atoms with Crippen LogP contribution in [0.3, 0.4) is 0 Å². The average molecular weight is 1030 g/mol. The predicted molar refractivity (Wildman–Crippen MR) is 275 cm³/mol. The number of para-hydroxylation sites is 1. The number of aliphatic hydroxyl groups excluding tert-OH is 2. The molecule has 1 aromatic heterocycles. The van der Waals surface area contributed by atoms with Gasteiger partial charge in [-0.05, 0) is 79.6 Å². The van der Waals surface area contributed by atoms with Crippen LogP contribution in [0.4, 0.5) is 5.69 Å². The Kier molecular flexibility index (Phi) is 14.2. The maximum absolute atomic E-state index is 15.4. The molecule has 75 heavy (non-hydrogen) atoms. The fourth-order valence-electron chi connectivity index (χ4n) is 14.2. The monoisotopic (exact) mass is 1030 g/mol. The number of carboxylic acids is 2. The Hall–Kier alpha value is -6.77. The number of anilines is 1. The number of nitrogens with zero attached hydrogens (tertiary/aromatic N) is 3. The number of aliphatic carboxylic acids is 2. The van der Waals surface area contributed by atoms with Crippen LogP contribution < -0.4 is 19.7 Å². The Morgan fingerprint density at radius 1 is 0.907 bits per heavy atom. The molecule has 1 spiro atoms. The number of rotatable bonds is 13. The van der Waals surface area contributed by atoms with Gasteiger partial charge in [-0.3, -0.25) is 24.2 Å². The summed E-state index contributed by atoms with van der Waals surface area (Å²) in [7, 11) is 6.65. The second-order valence-corrected chi connectivity index (χ2v) is 20.8. The third-order valence-corrected chi connectivity index (χ3v) is 17.0. The highest BCUT2D eigenvalue weighted by Crippen LogP contribution is 2.68. The van der Waals surface area contributed by atoms with E-state index in [1.807, 2.05) is 25.2 Å². The molecular formula is C56H67N5O14. The maximum atomic E-state index is 15.4. The van der Waals surface area contributed by atoms with E-state index in [-0.39, 0.29) is 24.5 Å². The van der Waals surface area contributed by atoms with Gasteiger partial charge in [0, 0.05) is 96.5 Å². The maximum Gasteiger partial charge on any atom is 0.335 e.